The molecule has 3 aromatic carbocycles. The van der Waals surface area contributed by atoms with Crippen LogP contribution in [0, 0.1) is 12.8 Å². The van der Waals surface area contributed by atoms with Gasteiger partial charge in [0.05, 0.1) is 22.6 Å². The van der Waals surface area contributed by atoms with E-state index in [-0.39, 0.29) is 11.5 Å². The number of carbonyl (C=O) groups is 1. The summed E-state index contributed by atoms with van der Waals surface area (Å²) in [4.78, 5) is 34.1. The summed E-state index contributed by atoms with van der Waals surface area (Å²) in [7, 11) is 0. The summed E-state index contributed by atoms with van der Waals surface area (Å²) in [5.74, 6) is 0.826. The minimum absolute atomic E-state index is 0.0883. The number of carbonyl (C=O) groups excluding carboxylic acids is 1. The van der Waals surface area contributed by atoms with Gasteiger partial charge in [-0.3, -0.25) is 14.2 Å². The predicted octanol–water partition coefficient (Wildman–Crippen LogP) is 6.60. The topological polar surface area (TPSA) is 55.2 Å². The maximum absolute atomic E-state index is 13.8. The van der Waals surface area contributed by atoms with Crippen LogP contribution in [0.25, 0.3) is 16.6 Å². The van der Waals surface area contributed by atoms with Crippen LogP contribution in [0.4, 0.5) is 0 Å². The minimum atomic E-state index is -0.459. The first kappa shape index (κ1) is 24.7. The molecular formula is C29H30ClN3O2. The zero-order chi connectivity index (χ0) is 25.1. The first-order valence-corrected chi connectivity index (χ1v) is 12.3. The van der Waals surface area contributed by atoms with Gasteiger partial charge in [0.1, 0.15) is 5.82 Å². The van der Waals surface area contributed by atoms with E-state index in [1.807, 2.05) is 73.3 Å². The molecule has 0 aliphatic rings. The third-order valence-electron chi connectivity index (χ3n) is 6.22. The van der Waals surface area contributed by atoms with Crippen LogP contribution in [0.3, 0.4) is 0 Å². The van der Waals surface area contributed by atoms with Gasteiger partial charge in [-0.2, -0.15) is 0 Å². The molecule has 4 aromatic rings. The number of hydrogen-bond donors (Lipinski definition) is 0. The molecule has 180 valence electrons. The molecule has 0 N–H and O–H groups in total. The molecule has 1 unspecified atom stereocenters. The standard InChI is InChI=1S/C29H30ClN3O2/c1-19(2)16-17-32(28(34)22-8-6-5-7-9-22)21(4)27-31-26-18-23(30)12-15-25(26)29(35)33(27)24-13-10-20(3)11-14-24/h5-15,18-19,21H,16-17H2,1-4H3. The molecule has 0 saturated heterocycles. The fraction of sp³-hybridized carbons (Fsp3) is 0.276. The molecule has 0 radical (unpaired) electrons. The Kier molecular flexibility index (Phi) is 7.37. The van der Waals surface area contributed by atoms with Gasteiger partial charge in [-0.15, -0.1) is 0 Å². The molecule has 4 rings (SSSR count). The number of fused-ring (bicyclic) bond motifs is 1. The normalized spacial score (nSPS) is 12.2. The number of aromatic nitrogens is 2. The highest BCUT2D eigenvalue weighted by molar-refractivity contribution is 6.31. The minimum Gasteiger partial charge on any atom is -0.329 e. The van der Waals surface area contributed by atoms with E-state index >= 15 is 0 Å². The molecule has 6 heteroatoms. The fourth-order valence-corrected chi connectivity index (χ4v) is 4.32. The van der Waals surface area contributed by atoms with Crippen molar-refractivity contribution in [3.8, 4) is 5.69 Å². The molecule has 1 heterocycles. The van der Waals surface area contributed by atoms with Crippen LogP contribution in [0.15, 0.2) is 77.6 Å². The Morgan fingerprint density at radius 3 is 2.34 bits per heavy atom. The smallest absolute Gasteiger partial charge is 0.266 e. The lowest BCUT2D eigenvalue weighted by Gasteiger charge is -2.31. The van der Waals surface area contributed by atoms with Crippen molar-refractivity contribution in [2.45, 2.75) is 40.2 Å². The largest absolute Gasteiger partial charge is 0.329 e. The zero-order valence-corrected chi connectivity index (χ0v) is 21.3. The van der Waals surface area contributed by atoms with Crippen molar-refractivity contribution in [1.29, 1.82) is 0 Å². The molecule has 0 aliphatic carbocycles. The highest BCUT2D eigenvalue weighted by Gasteiger charge is 2.27. The first-order chi connectivity index (χ1) is 16.8. The van der Waals surface area contributed by atoms with Crippen molar-refractivity contribution in [1.82, 2.24) is 14.5 Å². The summed E-state index contributed by atoms with van der Waals surface area (Å²) in [5, 5.41) is 0.988. The number of hydrogen-bond acceptors (Lipinski definition) is 3. The second kappa shape index (κ2) is 10.4. The predicted molar refractivity (Wildman–Crippen MR) is 142 cm³/mol. The summed E-state index contributed by atoms with van der Waals surface area (Å²) >= 11 is 6.24. The fourth-order valence-electron chi connectivity index (χ4n) is 4.15. The Morgan fingerprint density at radius 2 is 1.69 bits per heavy atom. The Hall–Kier alpha value is -3.44. The molecular weight excluding hydrogens is 458 g/mol. The van der Waals surface area contributed by atoms with Crippen LogP contribution in [0.1, 0.15) is 55.0 Å². The monoisotopic (exact) mass is 487 g/mol. The summed E-state index contributed by atoms with van der Waals surface area (Å²) in [6.07, 6.45) is 0.830. The van der Waals surface area contributed by atoms with Gasteiger partial charge in [0, 0.05) is 17.1 Å². The lowest BCUT2D eigenvalue weighted by Crippen LogP contribution is -2.38. The zero-order valence-electron chi connectivity index (χ0n) is 20.5. The van der Waals surface area contributed by atoms with Crippen LogP contribution < -0.4 is 5.56 Å². The van der Waals surface area contributed by atoms with E-state index < -0.39 is 6.04 Å². The van der Waals surface area contributed by atoms with E-state index in [2.05, 4.69) is 13.8 Å². The second-order valence-electron chi connectivity index (χ2n) is 9.33. The van der Waals surface area contributed by atoms with Crippen LogP contribution in [0.5, 0.6) is 0 Å². The van der Waals surface area contributed by atoms with Gasteiger partial charge in [-0.1, -0.05) is 61.3 Å². The van der Waals surface area contributed by atoms with Crippen LogP contribution >= 0.6 is 11.6 Å². The first-order valence-electron chi connectivity index (χ1n) is 11.9. The number of rotatable bonds is 7. The van der Waals surface area contributed by atoms with Gasteiger partial charge in [-0.05, 0) is 68.7 Å². The highest BCUT2D eigenvalue weighted by Crippen LogP contribution is 2.26. The molecule has 0 spiro atoms. The van der Waals surface area contributed by atoms with Gasteiger partial charge in [0.15, 0.2) is 0 Å². The van der Waals surface area contributed by atoms with Crippen LogP contribution in [0.2, 0.25) is 5.02 Å². The molecule has 1 aromatic heterocycles. The van der Waals surface area contributed by atoms with Crippen molar-refractivity contribution in [2.75, 3.05) is 6.54 Å². The number of nitrogens with zero attached hydrogens (tertiary/aromatic N) is 3. The highest BCUT2D eigenvalue weighted by atomic mass is 35.5. The van der Waals surface area contributed by atoms with E-state index in [9.17, 15) is 9.59 Å². The number of aryl methyl sites for hydroxylation is 1. The van der Waals surface area contributed by atoms with Gasteiger partial charge < -0.3 is 4.90 Å². The Labute approximate surface area is 211 Å². The van der Waals surface area contributed by atoms with Gasteiger partial charge in [0.2, 0.25) is 0 Å². The molecule has 1 atom stereocenters. The maximum Gasteiger partial charge on any atom is 0.266 e. The average molecular weight is 488 g/mol. The van der Waals surface area contributed by atoms with Crippen molar-refractivity contribution in [2.24, 2.45) is 5.92 Å². The third-order valence-corrected chi connectivity index (χ3v) is 6.45. The lowest BCUT2D eigenvalue weighted by atomic mass is 10.1. The third kappa shape index (κ3) is 5.30. The van der Waals surface area contributed by atoms with E-state index in [0.29, 0.717) is 45.5 Å². The van der Waals surface area contributed by atoms with Gasteiger partial charge in [-0.25, -0.2) is 4.98 Å². The summed E-state index contributed by atoms with van der Waals surface area (Å²) < 4.78 is 1.63. The number of halogens is 1. The molecule has 0 bridgehead atoms. The average Bonchev–Trinajstić information content (AvgIpc) is 2.84. The van der Waals surface area contributed by atoms with Gasteiger partial charge >= 0.3 is 0 Å². The van der Waals surface area contributed by atoms with Crippen molar-refractivity contribution >= 4 is 28.4 Å². The van der Waals surface area contributed by atoms with E-state index in [4.69, 9.17) is 16.6 Å². The SMILES string of the molecule is Cc1ccc(-n2c(C(C)N(CCC(C)C)C(=O)c3ccccc3)nc3cc(Cl)ccc3c2=O)cc1. The summed E-state index contributed by atoms with van der Waals surface area (Å²) in [5.41, 5.74) is 2.74. The Balaban J connectivity index is 1.92. The van der Waals surface area contributed by atoms with Gasteiger partial charge in [0.25, 0.3) is 11.5 Å². The molecule has 0 fully saturated rings. The molecule has 5 nitrogen and oxygen atoms in total. The quantitative estimate of drug-likeness (QED) is 0.295. The Morgan fingerprint density at radius 1 is 1.00 bits per heavy atom. The van der Waals surface area contributed by atoms with Crippen molar-refractivity contribution in [3.05, 3.63) is 105 Å². The molecule has 35 heavy (non-hydrogen) atoms. The van der Waals surface area contributed by atoms with Crippen molar-refractivity contribution in [3.63, 3.8) is 0 Å². The van der Waals surface area contributed by atoms with E-state index in [0.717, 1.165) is 12.0 Å². The molecule has 1 amide bonds. The number of benzene rings is 3. The van der Waals surface area contributed by atoms with Crippen LogP contribution in [-0.2, 0) is 0 Å². The van der Waals surface area contributed by atoms with E-state index in [1.165, 1.54) is 0 Å². The summed E-state index contributed by atoms with van der Waals surface area (Å²) in [6, 6.07) is 21.6. The second-order valence-corrected chi connectivity index (χ2v) is 9.77. The summed E-state index contributed by atoms with van der Waals surface area (Å²) in [6.45, 7) is 8.75. The van der Waals surface area contributed by atoms with Crippen molar-refractivity contribution < 1.29 is 4.79 Å². The number of amides is 1. The molecule has 0 aliphatic heterocycles. The lowest BCUT2D eigenvalue weighted by molar-refractivity contribution is 0.0671. The van der Waals surface area contributed by atoms with E-state index in [1.54, 1.807) is 22.8 Å². The van der Waals surface area contributed by atoms with Crippen LogP contribution in [-0.4, -0.2) is 26.9 Å². The maximum atomic E-state index is 13.8. The Bertz CT molecular complexity index is 1400. The molecule has 0 saturated carbocycles.